The largest absolute Gasteiger partial charge is 0.427 e. The molecule has 3 heteroatoms. The van der Waals surface area contributed by atoms with E-state index in [1.54, 1.807) is 12.1 Å². The van der Waals surface area contributed by atoms with Crippen LogP contribution in [0.25, 0.3) is 23.3 Å². The van der Waals surface area contributed by atoms with Gasteiger partial charge in [-0.1, -0.05) is 78.9 Å². The standard InChI is InChI=1S/C23H20O2S/c24-23(16-17-26)25-22-14-10-19(11-15-22)7-6-18-8-12-21(13-9-18)20-4-2-1-3-5-20/h1-15,26H,16-17H2. The molecule has 0 atom stereocenters. The van der Waals surface area contributed by atoms with Gasteiger partial charge in [-0.25, -0.2) is 0 Å². The first-order valence-corrected chi connectivity index (χ1v) is 9.13. The fourth-order valence-electron chi connectivity index (χ4n) is 2.53. The molecule has 0 aliphatic rings. The van der Waals surface area contributed by atoms with Crippen molar-refractivity contribution in [2.45, 2.75) is 6.42 Å². The first-order valence-electron chi connectivity index (χ1n) is 8.50. The molecule has 0 unspecified atom stereocenters. The summed E-state index contributed by atoms with van der Waals surface area (Å²) < 4.78 is 5.22. The van der Waals surface area contributed by atoms with Gasteiger partial charge in [0.15, 0.2) is 0 Å². The van der Waals surface area contributed by atoms with E-state index >= 15 is 0 Å². The Morgan fingerprint density at radius 3 is 1.88 bits per heavy atom. The summed E-state index contributed by atoms with van der Waals surface area (Å²) in [5, 5.41) is 0. The minimum Gasteiger partial charge on any atom is -0.427 e. The number of ether oxygens (including phenoxy) is 1. The summed E-state index contributed by atoms with van der Waals surface area (Å²) >= 11 is 4.02. The highest BCUT2D eigenvalue weighted by molar-refractivity contribution is 7.80. The minimum absolute atomic E-state index is 0.262. The first-order chi connectivity index (χ1) is 12.7. The molecule has 0 N–H and O–H groups in total. The van der Waals surface area contributed by atoms with E-state index < -0.39 is 0 Å². The highest BCUT2D eigenvalue weighted by Gasteiger charge is 2.02. The SMILES string of the molecule is O=C(CCS)Oc1ccc(C=Cc2ccc(-c3ccccc3)cc2)cc1. The van der Waals surface area contributed by atoms with Crippen molar-refractivity contribution in [1.82, 2.24) is 0 Å². The molecular weight excluding hydrogens is 340 g/mol. The zero-order valence-electron chi connectivity index (χ0n) is 14.3. The number of hydrogen-bond donors (Lipinski definition) is 1. The summed E-state index contributed by atoms with van der Waals surface area (Å²) in [7, 11) is 0. The molecule has 0 saturated heterocycles. The Balaban J connectivity index is 1.63. The lowest BCUT2D eigenvalue weighted by Crippen LogP contribution is -2.07. The molecule has 3 rings (SSSR count). The predicted octanol–water partition coefficient (Wildman–Crippen LogP) is 5.75. The Labute approximate surface area is 159 Å². The molecule has 26 heavy (non-hydrogen) atoms. The summed E-state index contributed by atoms with van der Waals surface area (Å²) in [5.41, 5.74) is 4.60. The average molecular weight is 360 g/mol. The number of carbonyl (C=O) groups is 1. The van der Waals surface area contributed by atoms with Crippen LogP contribution < -0.4 is 4.74 Å². The Kier molecular flexibility index (Phi) is 6.29. The summed E-state index contributed by atoms with van der Waals surface area (Å²) in [5.74, 6) is 0.783. The van der Waals surface area contributed by atoms with Gasteiger partial charge in [-0.2, -0.15) is 12.6 Å². The van der Waals surface area contributed by atoms with E-state index in [0.29, 0.717) is 17.9 Å². The molecule has 2 nitrogen and oxygen atoms in total. The van der Waals surface area contributed by atoms with E-state index in [-0.39, 0.29) is 5.97 Å². The monoisotopic (exact) mass is 360 g/mol. The van der Waals surface area contributed by atoms with Crippen LogP contribution in [0.3, 0.4) is 0 Å². The minimum atomic E-state index is -0.262. The van der Waals surface area contributed by atoms with E-state index in [1.165, 1.54) is 11.1 Å². The smallest absolute Gasteiger partial charge is 0.312 e. The molecule has 0 aliphatic carbocycles. The van der Waals surface area contributed by atoms with E-state index in [4.69, 9.17) is 4.74 Å². The third-order valence-corrected chi connectivity index (χ3v) is 4.14. The molecule has 0 amide bonds. The van der Waals surface area contributed by atoms with Crippen LogP contribution in [0.5, 0.6) is 5.75 Å². The third-order valence-electron chi connectivity index (χ3n) is 3.91. The normalized spacial score (nSPS) is 10.8. The second-order valence-electron chi connectivity index (χ2n) is 5.84. The fraction of sp³-hybridized carbons (Fsp3) is 0.0870. The Hall–Kier alpha value is -2.78. The van der Waals surface area contributed by atoms with Crippen molar-refractivity contribution in [2.24, 2.45) is 0 Å². The third kappa shape index (κ3) is 5.11. The lowest BCUT2D eigenvalue weighted by Gasteiger charge is -2.03. The van der Waals surface area contributed by atoms with Gasteiger partial charge in [0.1, 0.15) is 5.75 Å². The van der Waals surface area contributed by atoms with Gasteiger partial charge in [-0.05, 0) is 34.4 Å². The molecular formula is C23H20O2S. The second-order valence-corrected chi connectivity index (χ2v) is 6.29. The number of rotatable bonds is 6. The van der Waals surface area contributed by atoms with E-state index in [0.717, 1.165) is 11.1 Å². The van der Waals surface area contributed by atoms with Crippen molar-refractivity contribution in [2.75, 3.05) is 5.75 Å². The van der Waals surface area contributed by atoms with Gasteiger partial charge in [-0.15, -0.1) is 0 Å². The summed E-state index contributed by atoms with van der Waals surface area (Å²) in [6.07, 6.45) is 4.41. The molecule has 0 radical (unpaired) electrons. The van der Waals surface area contributed by atoms with Crippen LogP contribution in [0.4, 0.5) is 0 Å². The molecule has 0 spiro atoms. The van der Waals surface area contributed by atoms with Crippen LogP contribution in [0.2, 0.25) is 0 Å². The topological polar surface area (TPSA) is 26.3 Å². The Morgan fingerprint density at radius 2 is 1.31 bits per heavy atom. The molecule has 0 aliphatic heterocycles. The number of benzene rings is 3. The zero-order chi connectivity index (χ0) is 18.2. The molecule has 0 aromatic heterocycles. The molecule has 130 valence electrons. The molecule has 3 aromatic rings. The number of carbonyl (C=O) groups excluding carboxylic acids is 1. The van der Waals surface area contributed by atoms with Gasteiger partial charge < -0.3 is 4.74 Å². The van der Waals surface area contributed by atoms with E-state index in [2.05, 4.69) is 55.1 Å². The van der Waals surface area contributed by atoms with Crippen molar-refractivity contribution in [3.63, 3.8) is 0 Å². The quantitative estimate of drug-likeness (QED) is 0.262. The lowest BCUT2D eigenvalue weighted by atomic mass is 10.0. The van der Waals surface area contributed by atoms with Gasteiger partial charge in [0.25, 0.3) is 0 Å². The summed E-state index contributed by atoms with van der Waals surface area (Å²) in [6, 6.07) is 26.2. The van der Waals surface area contributed by atoms with Crippen LogP contribution in [0.15, 0.2) is 78.9 Å². The van der Waals surface area contributed by atoms with Gasteiger partial charge >= 0.3 is 5.97 Å². The van der Waals surface area contributed by atoms with Crippen molar-refractivity contribution >= 4 is 30.8 Å². The second kappa shape index (κ2) is 9.07. The van der Waals surface area contributed by atoms with Gasteiger partial charge in [-0.3, -0.25) is 4.79 Å². The van der Waals surface area contributed by atoms with Crippen molar-refractivity contribution in [3.8, 4) is 16.9 Å². The molecule has 0 bridgehead atoms. The number of thiol groups is 1. The maximum absolute atomic E-state index is 11.5. The maximum atomic E-state index is 11.5. The van der Waals surface area contributed by atoms with Crippen LogP contribution in [-0.2, 0) is 4.79 Å². The Morgan fingerprint density at radius 1 is 0.769 bits per heavy atom. The highest BCUT2D eigenvalue weighted by atomic mass is 32.1. The van der Waals surface area contributed by atoms with Crippen LogP contribution in [0, 0.1) is 0 Å². The van der Waals surface area contributed by atoms with Gasteiger partial charge in [0.2, 0.25) is 0 Å². The predicted molar refractivity (Wildman–Crippen MR) is 111 cm³/mol. The highest BCUT2D eigenvalue weighted by Crippen LogP contribution is 2.20. The number of hydrogen-bond acceptors (Lipinski definition) is 3. The van der Waals surface area contributed by atoms with Crippen molar-refractivity contribution in [3.05, 3.63) is 90.0 Å². The Bertz CT molecular complexity index is 866. The fourth-order valence-corrected chi connectivity index (χ4v) is 2.71. The van der Waals surface area contributed by atoms with E-state index in [1.807, 2.05) is 36.4 Å². The van der Waals surface area contributed by atoms with Crippen molar-refractivity contribution < 1.29 is 9.53 Å². The van der Waals surface area contributed by atoms with Gasteiger partial charge in [0, 0.05) is 5.75 Å². The average Bonchev–Trinajstić information content (AvgIpc) is 2.69. The number of esters is 1. The zero-order valence-corrected chi connectivity index (χ0v) is 15.2. The van der Waals surface area contributed by atoms with Gasteiger partial charge in [0.05, 0.1) is 6.42 Å². The molecule has 0 saturated carbocycles. The van der Waals surface area contributed by atoms with Crippen LogP contribution in [0.1, 0.15) is 17.5 Å². The van der Waals surface area contributed by atoms with E-state index in [9.17, 15) is 4.79 Å². The maximum Gasteiger partial charge on any atom is 0.312 e. The molecule has 3 aromatic carbocycles. The lowest BCUT2D eigenvalue weighted by molar-refractivity contribution is -0.133. The van der Waals surface area contributed by atoms with Crippen LogP contribution in [-0.4, -0.2) is 11.7 Å². The van der Waals surface area contributed by atoms with Crippen LogP contribution >= 0.6 is 12.6 Å². The van der Waals surface area contributed by atoms with Crippen molar-refractivity contribution in [1.29, 1.82) is 0 Å². The first kappa shape index (κ1) is 18.0. The molecule has 0 heterocycles. The summed E-state index contributed by atoms with van der Waals surface area (Å²) in [6.45, 7) is 0. The summed E-state index contributed by atoms with van der Waals surface area (Å²) in [4.78, 5) is 11.5. The molecule has 0 fully saturated rings.